The van der Waals surface area contributed by atoms with Gasteiger partial charge in [-0.25, -0.2) is 10.8 Å². The lowest BCUT2D eigenvalue weighted by atomic mass is 10.0. The lowest BCUT2D eigenvalue weighted by Crippen LogP contribution is -2.31. The largest absolute Gasteiger partial charge is 0.310 e. The van der Waals surface area contributed by atoms with Crippen molar-refractivity contribution < 1.29 is 9.59 Å². The number of hydrogen-bond acceptors (Lipinski definition) is 5. The number of hydrazine groups is 1. The molecule has 0 spiro atoms. The summed E-state index contributed by atoms with van der Waals surface area (Å²) in [5.74, 6) is 5.13. The normalized spacial score (nSPS) is 9.36. The smallest absolute Gasteiger partial charge is 0.238 e. The van der Waals surface area contributed by atoms with E-state index < -0.39 is 0 Å². The number of carbonyl (C=O) groups is 2. The van der Waals surface area contributed by atoms with Crippen LogP contribution in [0.3, 0.4) is 0 Å². The van der Waals surface area contributed by atoms with E-state index in [4.69, 9.17) is 5.84 Å². The molecule has 1 heterocycles. The van der Waals surface area contributed by atoms with Crippen molar-refractivity contribution in [1.29, 1.82) is 0 Å². The fraction of sp³-hybridized carbons (Fsp3) is 0.250. The molecule has 7 nitrogen and oxygen atoms in total. The summed E-state index contributed by atoms with van der Waals surface area (Å²) in [5, 5.41) is 2.58. The van der Waals surface area contributed by atoms with Crippen molar-refractivity contribution in [1.82, 2.24) is 15.4 Å². The van der Waals surface area contributed by atoms with Gasteiger partial charge in [0.15, 0.2) is 5.82 Å². The number of carbonyl (C=O) groups excluding carboxylic acids is 2. The summed E-state index contributed by atoms with van der Waals surface area (Å²) in [5.41, 5.74) is 5.02. The molecule has 1 aromatic heterocycles. The Morgan fingerprint density at radius 1 is 1.00 bits per heavy atom. The molecule has 0 unspecified atom stereocenters. The van der Waals surface area contributed by atoms with Gasteiger partial charge >= 0.3 is 0 Å². The fourth-order valence-corrected chi connectivity index (χ4v) is 2.06. The van der Waals surface area contributed by atoms with Gasteiger partial charge in [0.2, 0.25) is 11.8 Å². The maximum absolute atomic E-state index is 11.2. The van der Waals surface area contributed by atoms with E-state index in [2.05, 4.69) is 20.7 Å². The van der Waals surface area contributed by atoms with Gasteiger partial charge in [0, 0.05) is 6.92 Å². The first kappa shape index (κ1) is 22.8. The molecule has 0 saturated heterocycles. The van der Waals surface area contributed by atoms with E-state index in [1.54, 1.807) is 12.4 Å². The van der Waals surface area contributed by atoms with Crippen molar-refractivity contribution in [3.05, 3.63) is 53.5 Å². The topological polar surface area (TPSA) is 110 Å². The molecule has 9 heteroatoms. The second-order valence-corrected chi connectivity index (χ2v) is 5.13. The molecule has 4 N–H and O–H groups in total. The number of aryl methyl sites for hydroxylation is 2. The highest BCUT2D eigenvalue weighted by Crippen LogP contribution is 2.09. The summed E-state index contributed by atoms with van der Waals surface area (Å²) in [6.45, 7) is 1.43. The number of nitrogens with two attached hydrogens (primary N) is 1. The van der Waals surface area contributed by atoms with Crippen molar-refractivity contribution in [3.63, 3.8) is 0 Å². The highest BCUT2D eigenvalue weighted by Gasteiger charge is 2.03. The van der Waals surface area contributed by atoms with Crippen LogP contribution in [0.15, 0.2) is 36.7 Å². The SMILES string of the molecule is CC(=O)Nc1cnc(CCc2ccc(CC(=O)NN)cc2)cn1.Cl.Cl. The van der Waals surface area contributed by atoms with Crippen LogP contribution in [0.25, 0.3) is 0 Å². The number of anilines is 1. The quantitative estimate of drug-likeness (QED) is 0.397. The highest BCUT2D eigenvalue weighted by molar-refractivity contribution is 5.87. The van der Waals surface area contributed by atoms with Gasteiger partial charge in [0.05, 0.1) is 24.5 Å². The summed E-state index contributed by atoms with van der Waals surface area (Å²) in [4.78, 5) is 30.5. The molecule has 0 saturated carbocycles. The van der Waals surface area contributed by atoms with Gasteiger partial charge in [-0.05, 0) is 24.0 Å². The molecule has 2 aromatic rings. The molecule has 2 rings (SSSR count). The number of amides is 2. The summed E-state index contributed by atoms with van der Waals surface area (Å²) in [6.07, 6.45) is 5.04. The number of aromatic nitrogens is 2. The first-order valence-corrected chi connectivity index (χ1v) is 7.22. The zero-order chi connectivity index (χ0) is 16.7. The molecule has 0 radical (unpaired) electrons. The Morgan fingerprint density at radius 2 is 1.64 bits per heavy atom. The number of halogens is 2. The minimum atomic E-state index is -0.215. The van der Waals surface area contributed by atoms with Crippen LogP contribution >= 0.6 is 24.8 Å². The fourth-order valence-electron chi connectivity index (χ4n) is 2.06. The van der Waals surface area contributed by atoms with Gasteiger partial charge in [-0.3, -0.25) is 20.0 Å². The maximum atomic E-state index is 11.2. The van der Waals surface area contributed by atoms with Crippen molar-refractivity contribution in [2.24, 2.45) is 5.84 Å². The Hall–Kier alpha value is -2.22. The van der Waals surface area contributed by atoms with Crippen LogP contribution in [0.2, 0.25) is 0 Å². The third kappa shape index (κ3) is 7.93. The Labute approximate surface area is 158 Å². The molecule has 0 aliphatic carbocycles. The van der Waals surface area contributed by atoms with E-state index in [1.807, 2.05) is 24.3 Å². The highest BCUT2D eigenvalue weighted by atomic mass is 35.5. The molecule has 0 fully saturated rings. The lowest BCUT2D eigenvalue weighted by molar-refractivity contribution is -0.120. The summed E-state index contributed by atoms with van der Waals surface area (Å²) >= 11 is 0. The summed E-state index contributed by atoms with van der Waals surface area (Å²) in [6, 6.07) is 7.79. The maximum Gasteiger partial charge on any atom is 0.238 e. The third-order valence-electron chi connectivity index (χ3n) is 3.23. The molecule has 0 aliphatic rings. The van der Waals surface area contributed by atoms with Crippen LogP contribution < -0.4 is 16.6 Å². The van der Waals surface area contributed by atoms with Crippen LogP contribution in [0.1, 0.15) is 23.7 Å². The van der Waals surface area contributed by atoms with Crippen LogP contribution in [-0.2, 0) is 28.9 Å². The summed E-state index contributed by atoms with van der Waals surface area (Å²) in [7, 11) is 0. The minimum Gasteiger partial charge on any atom is -0.310 e. The molecular formula is C16H21Cl2N5O2. The number of nitrogens with one attached hydrogen (secondary N) is 2. The van der Waals surface area contributed by atoms with E-state index >= 15 is 0 Å². The lowest BCUT2D eigenvalue weighted by Gasteiger charge is -2.05. The Balaban J connectivity index is 0.00000288. The Kier molecular flexibility index (Phi) is 10.3. The van der Waals surface area contributed by atoms with Crippen LogP contribution in [0.5, 0.6) is 0 Å². The first-order valence-electron chi connectivity index (χ1n) is 7.22. The van der Waals surface area contributed by atoms with Crippen molar-refractivity contribution in [2.45, 2.75) is 26.2 Å². The van der Waals surface area contributed by atoms with Crippen molar-refractivity contribution in [2.75, 3.05) is 5.32 Å². The number of nitrogens with zero attached hydrogens (tertiary/aromatic N) is 2. The number of rotatable bonds is 6. The van der Waals surface area contributed by atoms with Crippen molar-refractivity contribution >= 4 is 42.4 Å². The Bertz CT molecular complexity index is 678. The first-order chi connectivity index (χ1) is 11.1. The van der Waals surface area contributed by atoms with E-state index in [9.17, 15) is 9.59 Å². The van der Waals surface area contributed by atoms with Gasteiger partial charge in [0.25, 0.3) is 0 Å². The molecular weight excluding hydrogens is 365 g/mol. The van der Waals surface area contributed by atoms with E-state index in [-0.39, 0.29) is 43.0 Å². The molecule has 25 heavy (non-hydrogen) atoms. The molecule has 136 valence electrons. The second-order valence-electron chi connectivity index (χ2n) is 5.13. The predicted molar refractivity (Wildman–Crippen MR) is 101 cm³/mol. The zero-order valence-electron chi connectivity index (χ0n) is 13.7. The van der Waals surface area contributed by atoms with Gasteiger partial charge in [-0.1, -0.05) is 24.3 Å². The van der Waals surface area contributed by atoms with Gasteiger partial charge < -0.3 is 5.32 Å². The monoisotopic (exact) mass is 385 g/mol. The van der Waals surface area contributed by atoms with Gasteiger partial charge in [-0.15, -0.1) is 24.8 Å². The minimum absolute atomic E-state index is 0. The second kappa shape index (κ2) is 11.4. The number of benzene rings is 1. The standard InChI is InChI=1S/C16H19N5O2.2ClH/c1-11(22)20-15-10-18-14(9-19-15)7-6-12-2-4-13(5-3-12)8-16(23)21-17;;/h2-5,9-10H,6-8,17H2,1H3,(H,21,23)(H,19,20,22);2*1H. The van der Waals surface area contributed by atoms with Crippen LogP contribution in [-0.4, -0.2) is 21.8 Å². The third-order valence-corrected chi connectivity index (χ3v) is 3.23. The van der Waals surface area contributed by atoms with E-state index in [0.29, 0.717) is 5.82 Å². The van der Waals surface area contributed by atoms with Crippen LogP contribution in [0.4, 0.5) is 5.82 Å². The zero-order valence-corrected chi connectivity index (χ0v) is 15.3. The Morgan fingerprint density at radius 3 is 2.16 bits per heavy atom. The average molecular weight is 386 g/mol. The predicted octanol–water partition coefficient (Wildman–Crippen LogP) is 1.60. The molecule has 1 aromatic carbocycles. The average Bonchev–Trinajstić information content (AvgIpc) is 2.55. The molecule has 0 bridgehead atoms. The number of hydrogen-bond donors (Lipinski definition) is 3. The van der Waals surface area contributed by atoms with Crippen molar-refractivity contribution in [3.8, 4) is 0 Å². The van der Waals surface area contributed by atoms with E-state index in [1.165, 1.54) is 6.92 Å². The molecule has 2 amide bonds. The summed E-state index contributed by atoms with van der Waals surface area (Å²) < 4.78 is 0. The van der Waals surface area contributed by atoms with Gasteiger partial charge in [0.1, 0.15) is 0 Å². The molecule has 0 aliphatic heterocycles. The van der Waals surface area contributed by atoms with Crippen LogP contribution in [0, 0.1) is 0 Å². The van der Waals surface area contributed by atoms with Gasteiger partial charge in [-0.2, -0.15) is 0 Å². The molecule has 0 atom stereocenters. The van der Waals surface area contributed by atoms with E-state index in [0.717, 1.165) is 29.7 Å².